The van der Waals surface area contributed by atoms with Crippen molar-refractivity contribution in [1.29, 1.82) is 0 Å². The first-order valence-electron chi connectivity index (χ1n) is 11.7. The van der Waals surface area contributed by atoms with Gasteiger partial charge >= 0.3 is 0 Å². The SMILES string of the molecule is CC1CCC(C(=O)NCc2ccc(Cl)cc2)N1C(=O)Cc1ccc(Oc2ccccc2)cc1.NC=O. The van der Waals surface area contributed by atoms with Gasteiger partial charge in [-0.2, -0.15) is 0 Å². The highest BCUT2D eigenvalue weighted by molar-refractivity contribution is 6.30. The number of halogens is 1. The second-order valence-electron chi connectivity index (χ2n) is 8.46. The molecular weight excluding hydrogens is 478 g/mol. The van der Waals surface area contributed by atoms with Gasteiger partial charge in [-0.25, -0.2) is 0 Å². The van der Waals surface area contributed by atoms with Crippen LogP contribution < -0.4 is 15.8 Å². The Morgan fingerprint density at radius 2 is 1.56 bits per heavy atom. The molecule has 4 rings (SSSR count). The fourth-order valence-electron chi connectivity index (χ4n) is 4.14. The van der Waals surface area contributed by atoms with Crippen molar-refractivity contribution in [2.45, 2.75) is 44.8 Å². The molecule has 8 heteroatoms. The van der Waals surface area contributed by atoms with Crippen LogP contribution in [0.15, 0.2) is 78.9 Å². The molecule has 0 saturated carbocycles. The highest BCUT2D eigenvalue weighted by atomic mass is 35.5. The van der Waals surface area contributed by atoms with Crippen LogP contribution >= 0.6 is 11.6 Å². The summed E-state index contributed by atoms with van der Waals surface area (Å²) in [6.07, 6.45) is 1.98. The molecule has 1 saturated heterocycles. The van der Waals surface area contributed by atoms with E-state index in [1.54, 1.807) is 17.0 Å². The van der Waals surface area contributed by atoms with Crippen molar-refractivity contribution in [1.82, 2.24) is 10.2 Å². The van der Waals surface area contributed by atoms with E-state index in [1.165, 1.54) is 0 Å². The van der Waals surface area contributed by atoms with Gasteiger partial charge in [0.15, 0.2) is 0 Å². The van der Waals surface area contributed by atoms with E-state index < -0.39 is 6.04 Å². The summed E-state index contributed by atoms with van der Waals surface area (Å²) in [5, 5.41) is 3.63. The Kier molecular flexibility index (Phi) is 9.89. The van der Waals surface area contributed by atoms with Crippen LogP contribution in [0.2, 0.25) is 5.02 Å². The quantitative estimate of drug-likeness (QED) is 0.460. The molecule has 3 amide bonds. The molecule has 0 aromatic heterocycles. The van der Waals surface area contributed by atoms with E-state index in [0.717, 1.165) is 23.3 Å². The third kappa shape index (κ3) is 7.58. The summed E-state index contributed by atoms with van der Waals surface area (Å²) < 4.78 is 5.82. The summed E-state index contributed by atoms with van der Waals surface area (Å²) in [5.74, 6) is 1.32. The van der Waals surface area contributed by atoms with Crippen molar-refractivity contribution in [3.63, 3.8) is 0 Å². The van der Waals surface area contributed by atoms with Crippen LogP contribution in [0.5, 0.6) is 11.5 Å². The number of hydrogen-bond acceptors (Lipinski definition) is 4. The monoisotopic (exact) mass is 507 g/mol. The van der Waals surface area contributed by atoms with Crippen molar-refractivity contribution in [3.8, 4) is 11.5 Å². The summed E-state index contributed by atoms with van der Waals surface area (Å²) in [4.78, 5) is 36.3. The molecule has 3 aromatic rings. The van der Waals surface area contributed by atoms with Crippen LogP contribution in [0.1, 0.15) is 30.9 Å². The number of amides is 3. The average Bonchev–Trinajstić information content (AvgIpc) is 3.27. The molecule has 0 bridgehead atoms. The second kappa shape index (κ2) is 13.3. The topological polar surface area (TPSA) is 102 Å². The molecule has 7 nitrogen and oxygen atoms in total. The first-order valence-corrected chi connectivity index (χ1v) is 12.1. The standard InChI is InChI=1S/C27H27ClN2O3.CH3NO/c1-19-7-16-25(27(32)29-18-21-8-12-22(28)13-9-21)30(19)26(31)17-20-10-14-24(15-11-20)33-23-5-3-2-4-6-23;2-1-3/h2-6,8-15,19,25H,7,16-18H2,1H3,(H,29,32);1H,(H2,2,3). The second-order valence-corrected chi connectivity index (χ2v) is 8.90. The van der Waals surface area contributed by atoms with Crippen molar-refractivity contribution in [2.75, 3.05) is 0 Å². The lowest BCUT2D eigenvalue weighted by Gasteiger charge is -2.28. The molecule has 1 aliphatic rings. The van der Waals surface area contributed by atoms with Gasteiger partial charge in [-0.1, -0.05) is 54.1 Å². The maximum atomic E-state index is 13.1. The van der Waals surface area contributed by atoms with Gasteiger partial charge in [0.05, 0.1) is 6.42 Å². The summed E-state index contributed by atoms with van der Waals surface area (Å²) in [7, 11) is 0. The lowest BCUT2D eigenvalue weighted by Crippen LogP contribution is -2.48. The lowest BCUT2D eigenvalue weighted by atomic mass is 10.1. The molecule has 0 spiro atoms. The summed E-state index contributed by atoms with van der Waals surface area (Å²) in [6.45, 7) is 2.41. The van der Waals surface area contributed by atoms with Crippen LogP contribution in [-0.4, -0.2) is 35.2 Å². The van der Waals surface area contributed by atoms with Gasteiger partial charge in [0.1, 0.15) is 17.5 Å². The van der Waals surface area contributed by atoms with Crippen LogP contribution in [0.25, 0.3) is 0 Å². The number of primary amides is 1. The van der Waals surface area contributed by atoms with E-state index in [0.29, 0.717) is 23.7 Å². The Morgan fingerprint density at radius 3 is 2.19 bits per heavy atom. The fraction of sp³-hybridized carbons (Fsp3) is 0.250. The number of nitrogens with two attached hydrogens (primary N) is 1. The Morgan fingerprint density at radius 1 is 0.972 bits per heavy atom. The van der Waals surface area contributed by atoms with Crippen LogP contribution in [0, 0.1) is 0 Å². The molecule has 188 valence electrons. The third-order valence-electron chi connectivity index (χ3n) is 5.90. The van der Waals surface area contributed by atoms with Crippen molar-refractivity contribution < 1.29 is 19.1 Å². The van der Waals surface area contributed by atoms with Crippen molar-refractivity contribution >= 4 is 29.8 Å². The summed E-state index contributed by atoms with van der Waals surface area (Å²) in [6, 6.07) is 24.0. The van der Waals surface area contributed by atoms with E-state index in [4.69, 9.17) is 21.1 Å². The van der Waals surface area contributed by atoms with Gasteiger partial charge in [-0.3, -0.25) is 14.4 Å². The number of rotatable bonds is 7. The van der Waals surface area contributed by atoms with Crippen LogP contribution in [-0.2, 0) is 27.3 Å². The number of carbonyl (C=O) groups excluding carboxylic acids is 3. The minimum atomic E-state index is -0.444. The normalized spacial score (nSPS) is 16.4. The molecule has 2 atom stereocenters. The minimum Gasteiger partial charge on any atom is -0.457 e. The number of nitrogens with zero attached hydrogens (tertiary/aromatic N) is 1. The highest BCUT2D eigenvalue weighted by Gasteiger charge is 2.38. The number of likely N-dealkylation sites (tertiary alicyclic amines) is 1. The van der Waals surface area contributed by atoms with Gasteiger partial charge in [0.2, 0.25) is 18.2 Å². The maximum absolute atomic E-state index is 13.1. The fourth-order valence-corrected chi connectivity index (χ4v) is 4.26. The lowest BCUT2D eigenvalue weighted by molar-refractivity contribution is -0.139. The molecule has 1 fully saturated rings. The molecule has 3 aromatic carbocycles. The molecular formula is C28H30ClN3O4. The van der Waals surface area contributed by atoms with E-state index >= 15 is 0 Å². The largest absolute Gasteiger partial charge is 0.457 e. The molecule has 1 aliphatic heterocycles. The maximum Gasteiger partial charge on any atom is 0.243 e. The minimum absolute atomic E-state index is 0.0319. The Hall–Kier alpha value is -3.84. The molecule has 0 radical (unpaired) electrons. The zero-order chi connectivity index (χ0) is 25.9. The number of hydrogen-bond donors (Lipinski definition) is 2. The molecule has 0 aliphatic carbocycles. The first-order chi connectivity index (χ1) is 17.4. The van der Waals surface area contributed by atoms with Crippen LogP contribution in [0.4, 0.5) is 0 Å². The Labute approximate surface area is 216 Å². The number of ether oxygens (including phenoxy) is 1. The molecule has 2 unspecified atom stereocenters. The predicted octanol–water partition coefficient (Wildman–Crippen LogP) is 4.47. The predicted molar refractivity (Wildman–Crippen MR) is 140 cm³/mol. The van der Waals surface area contributed by atoms with Crippen LogP contribution in [0.3, 0.4) is 0 Å². The first kappa shape index (κ1) is 26.8. The third-order valence-corrected chi connectivity index (χ3v) is 6.15. The number of para-hydroxylation sites is 1. The molecule has 3 N–H and O–H groups in total. The van der Waals surface area contributed by atoms with E-state index in [-0.39, 0.29) is 30.7 Å². The summed E-state index contributed by atoms with van der Waals surface area (Å²) >= 11 is 5.92. The van der Waals surface area contributed by atoms with E-state index in [9.17, 15) is 9.59 Å². The number of carbonyl (C=O) groups is 3. The highest BCUT2D eigenvalue weighted by Crippen LogP contribution is 2.26. The van der Waals surface area contributed by atoms with Gasteiger partial charge in [-0.05, 0) is 67.3 Å². The van der Waals surface area contributed by atoms with E-state index in [2.05, 4.69) is 11.1 Å². The average molecular weight is 508 g/mol. The van der Waals surface area contributed by atoms with Crippen molar-refractivity contribution in [3.05, 3.63) is 95.0 Å². The Balaban J connectivity index is 0.00000115. The van der Waals surface area contributed by atoms with Gasteiger partial charge in [0.25, 0.3) is 0 Å². The van der Waals surface area contributed by atoms with Gasteiger partial charge < -0.3 is 20.7 Å². The van der Waals surface area contributed by atoms with E-state index in [1.807, 2.05) is 73.7 Å². The van der Waals surface area contributed by atoms with Gasteiger partial charge in [0, 0.05) is 17.6 Å². The zero-order valence-corrected chi connectivity index (χ0v) is 20.9. The number of nitrogens with one attached hydrogen (secondary N) is 1. The smallest absolute Gasteiger partial charge is 0.243 e. The van der Waals surface area contributed by atoms with Crippen molar-refractivity contribution in [2.24, 2.45) is 5.73 Å². The molecule has 1 heterocycles. The summed E-state index contributed by atoms with van der Waals surface area (Å²) in [5.41, 5.74) is 6.02. The van der Waals surface area contributed by atoms with Gasteiger partial charge in [-0.15, -0.1) is 0 Å². The number of benzene rings is 3. The Bertz CT molecular complexity index is 1140. The molecule has 36 heavy (non-hydrogen) atoms. The zero-order valence-electron chi connectivity index (χ0n) is 20.1.